The lowest BCUT2D eigenvalue weighted by Crippen LogP contribution is -2.38. The van der Waals surface area contributed by atoms with E-state index in [1.165, 1.54) is 0 Å². The Bertz CT molecular complexity index is 1280. The van der Waals surface area contributed by atoms with Gasteiger partial charge in [0.05, 0.1) is 17.8 Å². The van der Waals surface area contributed by atoms with Crippen molar-refractivity contribution < 1.29 is 24.2 Å². The van der Waals surface area contributed by atoms with Gasteiger partial charge < -0.3 is 30.1 Å². The number of amides is 3. The molecule has 8 nitrogen and oxygen atoms in total. The van der Waals surface area contributed by atoms with E-state index >= 15 is 0 Å². The minimum atomic E-state index is -0.480. The molecule has 0 spiro atoms. The van der Waals surface area contributed by atoms with Gasteiger partial charge in [-0.3, -0.25) is 0 Å². The summed E-state index contributed by atoms with van der Waals surface area (Å²) in [6, 6.07) is 15.9. The second-order valence-electron chi connectivity index (χ2n) is 8.54. The van der Waals surface area contributed by atoms with Gasteiger partial charge in [0.2, 0.25) is 0 Å². The summed E-state index contributed by atoms with van der Waals surface area (Å²) >= 11 is 6.24. The van der Waals surface area contributed by atoms with E-state index in [0.717, 1.165) is 22.3 Å². The van der Waals surface area contributed by atoms with Crippen molar-refractivity contribution in [2.45, 2.75) is 26.3 Å². The van der Waals surface area contributed by atoms with Crippen LogP contribution >= 0.6 is 11.6 Å². The molecular formula is C27H28ClN3O5. The molecule has 0 bridgehead atoms. The number of ether oxygens (including phenoxy) is 2. The number of hydrogen-bond acceptors (Lipinski definition) is 5. The maximum absolute atomic E-state index is 12.7. The van der Waals surface area contributed by atoms with Gasteiger partial charge in [-0.2, -0.15) is 0 Å². The van der Waals surface area contributed by atoms with Gasteiger partial charge in [0.15, 0.2) is 5.75 Å². The SMILES string of the molecule is COc1ccc(C)cc1NC(=O)Nc1ccc2c(c1)CCN(C(=O)Oc1ccc(CCO)cc1Cl)C2. The number of urea groups is 1. The number of methoxy groups -OCH3 is 1. The van der Waals surface area contributed by atoms with E-state index < -0.39 is 6.09 Å². The lowest BCUT2D eigenvalue weighted by atomic mass is 9.99. The van der Waals surface area contributed by atoms with Gasteiger partial charge in [0.25, 0.3) is 0 Å². The maximum atomic E-state index is 12.7. The molecule has 1 aliphatic heterocycles. The van der Waals surface area contributed by atoms with Gasteiger partial charge in [0, 0.05) is 25.4 Å². The quantitative estimate of drug-likeness (QED) is 0.413. The molecule has 0 radical (unpaired) electrons. The highest BCUT2D eigenvalue weighted by Gasteiger charge is 2.23. The van der Waals surface area contributed by atoms with Crippen molar-refractivity contribution in [3.8, 4) is 11.5 Å². The number of anilines is 2. The van der Waals surface area contributed by atoms with E-state index in [9.17, 15) is 9.59 Å². The third-order valence-corrected chi connectivity index (χ3v) is 6.23. The summed E-state index contributed by atoms with van der Waals surface area (Å²) in [5, 5.41) is 15.1. The van der Waals surface area contributed by atoms with Gasteiger partial charge in [-0.1, -0.05) is 29.8 Å². The van der Waals surface area contributed by atoms with Gasteiger partial charge in [-0.15, -0.1) is 0 Å². The first-order valence-corrected chi connectivity index (χ1v) is 11.9. The summed E-state index contributed by atoms with van der Waals surface area (Å²) in [5.74, 6) is 0.862. The number of fused-ring (bicyclic) bond motifs is 1. The van der Waals surface area contributed by atoms with Crippen LogP contribution in [-0.4, -0.2) is 42.4 Å². The van der Waals surface area contributed by atoms with E-state index in [0.29, 0.717) is 48.1 Å². The first kappa shape index (κ1) is 25.3. The fourth-order valence-corrected chi connectivity index (χ4v) is 4.30. The number of nitrogens with one attached hydrogen (secondary N) is 2. The number of hydrogen-bond donors (Lipinski definition) is 3. The minimum absolute atomic E-state index is 0.0199. The predicted molar refractivity (Wildman–Crippen MR) is 139 cm³/mol. The normalized spacial score (nSPS) is 12.5. The van der Waals surface area contributed by atoms with Crippen LogP contribution in [-0.2, 0) is 19.4 Å². The van der Waals surface area contributed by atoms with Crippen LogP contribution in [0.3, 0.4) is 0 Å². The molecule has 0 unspecified atom stereocenters. The van der Waals surface area contributed by atoms with E-state index in [1.54, 1.807) is 42.3 Å². The molecule has 3 aromatic carbocycles. The summed E-state index contributed by atoms with van der Waals surface area (Å²) in [6.07, 6.45) is 0.623. The molecule has 188 valence electrons. The standard InChI is InChI=1S/C27H28ClN3O5/c1-17-3-7-25(35-2)23(13-17)30-26(33)29-21-6-5-20-16-31(11-9-19(20)15-21)27(34)36-24-8-4-18(10-12-32)14-22(24)28/h3-8,13-15,32H,9-12,16H2,1-2H3,(H2,29,30,33). The molecule has 0 saturated carbocycles. The lowest BCUT2D eigenvalue weighted by molar-refractivity contribution is 0.147. The minimum Gasteiger partial charge on any atom is -0.495 e. The average Bonchev–Trinajstić information content (AvgIpc) is 2.85. The fourth-order valence-electron chi connectivity index (χ4n) is 4.06. The molecule has 3 amide bonds. The smallest absolute Gasteiger partial charge is 0.415 e. The highest BCUT2D eigenvalue weighted by molar-refractivity contribution is 6.32. The summed E-state index contributed by atoms with van der Waals surface area (Å²) in [5.41, 5.74) is 5.15. The Kier molecular flexibility index (Phi) is 7.97. The number of aliphatic hydroxyl groups is 1. The summed E-state index contributed by atoms with van der Waals surface area (Å²) < 4.78 is 10.8. The number of aliphatic hydroxyl groups excluding tert-OH is 1. The number of benzene rings is 3. The van der Waals surface area contributed by atoms with Crippen molar-refractivity contribution in [3.05, 3.63) is 81.9 Å². The largest absolute Gasteiger partial charge is 0.495 e. The fraction of sp³-hybridized carbons (Fsp3) is 0.259. The second kappa shape index (κ2) is 11.3. The summed E-state index contributed by atoms with van der Waals surface area (Å²) in [6.45, 7) is 2.82. The zero-order chi connectivity index (χ0) is 25.7. The van der Waals surface area contributed by atoms with Gasteiger partial charge >= 0.3 is 12.1 Å². The summed E-state index contributed by atoms with van der Waals surface area (Å²) in [4.78, 5) is 26.9. The molecule has 0 aromatic heterocycles. The molecule has 4 rings (SSSR count). The molecular weight excluding hydrogens is 482 g/mol. The first-order valence-electron chi connectivity index (χ1n) is 11.6. The molecule has 9 heteroatoms. The third kappa shape index (κ3) is 6.08. The monoisotopic (exact) mass is 509 g/mol. The van der Waals surface area contributed by atoms with Gasteiger partial charge in [0.1, 0.15) is 5.75 Å². The van der Waals surface area contributed by atoms with Crippen molar-refractivity contribution in [3.63, 3.8) is 0 Å². The Morgan fingerprint density at radius 3 is 2.58 bits per heavy atom. The van der Waals surface area contributed by atoms with Crippen LogP contribution in [0.1, 0.15) is 22.3 Å². The molecule has 0 saturated heterocycles. The maximum Gasteiger partial charge on any atom is 0.415 e. The van der Waals surface area contributed by atoms with E-state index in [1.807, 2.05) is 31.2 Å². The average molecular weight is 510 g/mol. The zero-order valence-corrected chi connectivity index (χ0v) is 20.9. The van der Waals surface area contributed by atoms with Crippen LogP contribution in [0.5, 0.6) is 11.5 Å². The highest BCUT2D eigenvalue weighted by Crippen LogP contribution is 2.29. The van der Waals surface area contributed by atoms with Crippen LogP contribution in [0.15, 0.2) is 54.6 Å². The molecule has 1 heterocycles. The van der Waals surface area contributed by atoms with Gasteiger partial charge in [-0.25, -0.2) is 9.59 Å². The molecule has 1 aliphatic rings. The molecule has 3 N–H and O–H groups in total. The Labute approximate surface area is 214 Å². The van der Waals surface area contributed by atoms with Crippen molar-refractivity contribution >= 4 is 35.1 Å². The molecule has 0 aliphatic carbocycles. The van der Waals surface area contributed by atoms with Crippen molar-refractivity contribution in [1.82, 2.24) is 4.90 Å². The Morgan fingerprint density at radius 1 is 1.03 bits per heavy atom. The number of carbonyl (C=O) groups is 2. The molecule has 36 heavy (non-hydrogen) atoms. The summed E-state index contributed by atoms with van der Waals surface area (Å²) in [7, 11) is 1.56. The van der Waals surface area contributed by atoms with Crippen LogP contribution < -0.4 is 20.1 Å². The molecule has 0 atom stereocenters. The Hall–Kier alpha value is -3.75. The van der Waals surface area contributed by atoms with Crippen LogP contribution in [0, 0.1) is 6.92 Å². The van der Waals surface area contributed by atoms with Crippen LogP contribution in [0.4, 0.5) is 21.0 Å². The van der Waals surface area contributed by atoms with Gasteiger partial charge in [-0.05, 0) is 78.4 Å². The highest BCUT2D eigenvalue weighted by atomic mass is 35.5. The number of carbonyl (C=O) groups excluding carboxylic acids is 2. The van der Waals surface area contributed by atoms with Crippen LogP contribution in [0.25, 0.3) is 0 Å². The van der Waals surface area contributed by atoms with E-state index in [4.69, 9.17) is 26.2 Å². The number of nitrogens with zero attached hydrogens (tertiary/aromatic N) is 1. The molecule has 0 fully saturated rings. The Balaban J connectivity index is 1.37. The van der Waals surface area contributed by atoms with Crippen molar-refractivity contribution in [1.29, 1.82) is 0 Å². The Morgan fingerprint density at radius 2 is 1.83 bits per heavy atom. The number of aryl methyl sites for hydroxylation is 1. The number of halogens is 1. The lowest BCUT2D eigenvalue weighted by Gasteiger charge is -2.28. The zero-order valence-electron chi connectivity index (χ0n) is 20.1. The number of rotatable bonds is 6. The molecule has 3 aromatic rings. The van der Waals surface area contributed by atoms with E-state index in [-0.39, 0.29) is 18.4 Å². The van der Waals surface area contributed by atoms with Crippen molar-refractivity contribution in [2.75, 3.05) is 30.9 Å². The topological polar surface area (TPSA) is 100 Å². The van der Waals surface area contributed by atoms with Crippen LogP contribution in [0.2, 0.25) is 5.02 Å². The first-order chi connectivity index (χ1) is 17.4. The van der Waals surface area contributed by atoms with Crippen molar-refractivity contribution in [2.24, 2.45) is 0 Å². The third-order valence-electron chi connectivity index (χ3n) is 5.93. The predicted octanol–water partition coefficient (Wildman–Crippen LogP) is 5.39. The van der Waals surface area contributed by atoms with E-state index in [2.05, 4.69) is 10.6 Å². The second-order valence-corrected chi connectivity index (χ2v) is 8.95.